The van der Waals surface area contributed by atoms with Crippen LogP contribution in [0.4, 0.5) is 0 Å². The van der Waals surface area contributed by atoms with Gasteiger partial charge in [-0.1, -0.05) is 42.0 Å². The third-order valence-corrected chi connectivity index (χ3v) is 4.90. The van der Waals surface area contributed by atoms with E-state index in [0.717, 1.165) is 25.8 Å². The van der Waals surface area contributed by atoms with Crippen molar-refractivity contribution < 1.29 is 0 Å². The summed E-state index contributed by atoms with van der Waals surface area (Å²) in [6.45, 7) is 3.40. The first-order chi connectivity index (χ1) is 12.2. The average molecular weight is 332 g/mol. The first-order valence-corrected chi connectivity index (χ1v) is 9.18. The first-order valence-electron chi connectivity index (χ1n) is 9.18. The van der Waals surface area contributed by atoms with Gasteiger partial charge in [-0.05, 0) is 81.6 Å². The summed E-state index contributed by atoms with van der Waals surface area (Å²) in [5.74, 6) is 0. The van der Waals surface area contributed by atoms with Crippen molar-refractivity contribution >= 4 is 5.57 Å². The van der Waals surface area contributed by atoms with Gasteiger partial charge >= 0.3 is 0 Å². The fourth-order valence-electron chi connectivity index (χ4n) is 3.59. The molecule has 1 aromatic rings. The van der Waals surface area contributed by atoms with E-state index < -0.39 is 0 Å². The summed E-state index contributed by atoms with van der Waals surface area (Å²) in [7, 11) is 4.29. The molecule has 1 heterocycles. The zero-order chi connectivity index (χ0) is 17.6. The molecule has 0 aromatic carbocycles. The van der Waals surface area contributed by atoms with Gasteiger partial charge in [0.1, 0.15) is 0 Å². The number of hydrogen-bond donors (Lipinski definition) is 0. The van der Waals surface area contributed by atoms with Gasteiger partial charge in [-0.3, -0.25) is 4.98 Å². The normalized spacial score (nSPS) is 17.5. The Kier molecular flexibility index (Phi) is 5.83. The van der Waals surface area contributed by atoms with Crippen LogP contribution in [0.5, 0.6) is 0 Å². The summed E-state index contributed by atoms with van der Waals surface area (Å²) >= 11 is 0. The van der Waals surface area contributed by atoms with Crippen molar-refractivity contribution in [2.24, 2.45) is 0 Å². The van der Waals surface area contributed by atoms with E-state index in [4.69, 9.17) is 0 Å². The molecule has 0 atom stereocenters. The van der Waals surface area contributed by atoms with Gasteiger partial charge in [-0.2, -0.15) is 0 Å². The van der Waals surface area contributed by atoms with Crippen molar-refractivity contribution in [3.05, 3.63) is 82.8 Å². The molecule has 0 saturated carbocycles. The largest absolute Gasteiger partial charge is 0.309 e. The number of aromatic nitrogens is 1. The number of hydrogen-bond acceptors (Lipinski definition) is 2. The second-order valence-electron chi connectivity index (χ2n) is 7.13. The molecule has 0 saturated heterocycles. The highest BCUT2D eigenvalue weighted by Crippen LogP contribution is 2.40. The molecule has 0 fully saturated rings. The molecule has 0 N–H and O–H groups in total. The Hall–Kier alpha value is -2.19. The van der Waals surface area contributed by atoms with Crippen LogP contribution in [-0.4, -0.2) is 30.5 Å². The summed E-state index contributed by atoms with van der Waals surface area (Å²) in [6, 6.07) is 4.20. The van der Waals surface area contributed by atoms with E-state index in [2.05, 4.69) is 67.3 Å². The highest BCUT2D eigenvalue weighted by molar-refractivity contribution is 5.87. The van der Waals surface area contributed by atoms with Gasteiger partial charge in [-0.25, -0.2) is 0 Å². The maximum absolute atomic E-state index is 4.35. The lowest BCUT2D eigenvalue weighted by Gasteiger charge is -2.19. The Labute approximate surface area is 152 Å². The summed E-state index contributed by atoms with van der Waals surface area (Å²) < 4.78 is 0. The molecular weight excluding hydrogens is 304 g/mol. The lowest BCUT2D eigenvalue weighted by Crippen LogP contribution is -2.13. The minimum atomic E-state index is 1.01. The number of fused-ring (bicyclic) bond motifs is 1. The van der Waals surface area contributed by atoms with Crippen LogP contribution >= 0.6 is 0 Å². The fraction of sp³-hybridized carbons (Fsp3) is 0.348. The molecule has 2 heteroatoms. The van der Waals surface area contributed by atoms with Gasteiger partial charge in [0.25, 0.3) is 0 Å². The van der Waals surface area contributed by atoms with Crippen LogP contribution in [-0.2, 0) is 0 Å². The highest BCUT2D eigenvalue weighted by atomic mass is 15.0. The molecule has 0 unspecified atom stereocenters. The van der Waals surface area contributed by atoms with Gasteiger partial charge in [0.05, 0.1) is 0 Å². The molecule has 0 radical (unpaired) electrons. The summed E-state index contributed by atoms with van der Waals surface area (Å²) in [5.41, 5.74) is 8.39. The highest BCUT2D eigenvalue weighted by Gasteiger charge is 2.20. The molecule has 2 aliphatic rings. The lowest BCUT2D eigenvalue weighted by molar-refractivity contribution is 0.400. The van der Waals surface area contributed by atoms with Gasteiger partial charge in [0.2, 0.25) is 0 Å². The average Bonchev–Trinajstić information content (AvgIpc) is 2.91. The third-order valence-electron chi connectivity index (χ3n) is 4.90. The predicted octanol–water partition coefficient (Wildman–Crippen LogP) is 5.34. The van der Waals surface area contributed by atoms with Crippen molar-refractivity contribution in [3.63, 3.8) is 0 Å². The van der Waals surface area contributed by atoms with Crippen LogP contribution in [0.1, 0.15) is 38.2 Å². The van der Waals surface area contributed by atoms with E-state index >= 15 is 0 Å². The van der Waals surface area contributed by atoms with Gasteiger partial charge < -0.3 is 4.90 Å². The fourth-order valence-corrected chi connectivity index (χ4v) is 3.59. The Morgan fingerprint density at radius 1 is 1.16 bits per heavy atom. The first kappa shape index (κ1) is 17.6. The van der Waals surface area contributed by atoms with Crippen molar-refractivity contribution in [2.45, 2.75) is 32.6 Å². The zero-order valence-electron chi connectivity index (χ0n) is 15.6. The monoisotopic (exact) mass is 332 g/mol. The second kappa shape index (κ2) is 8.26. The van der Waals surface area contributed by atoms with E-state index in [9.17, 15) is 0 Å². The lowest BCUT2D eigenvalue weighted by atomic mass is 9.85. The van der Waals surface area contributed by atoms with E-state index in [0.29, 0.717) is 0 Å². The molecule has 3 rings (SSSR count). The molecule has 0 aliphatic heterocycles. The topological polar surface area (TPSA) is 16.1 Å². The molecule has 2 nitrogen and oxygen atoms in total. The SMILES string of the molecule is CC1=C2CC=CC=C(c3cccnc3)C2=C(CCCN(C)C)C=CC1. The second-order valence-corrected chi connectivity index (χ2v) is 7.13. The minimum Gasteiger partial charge on any atom is -0.309 e. The Bertz CT molecular complexity index is 759. The number of rotatable bonds is 5. The van der Waals surface area contributed by atoms with Crippen molar-refractivity contribution in [1.82, 2.24) is 9.88 Å². The van der Waals surface area contributed by atoms with Crippen molar-refractivity contribution in [2.75, 3.05) is 20.6 Å². The van der Waals surface area contributed by atoms with E-state index in [-0.39, 0.29) is 0 Å². The molecule has 130 valence electrons. The minimum absolute atomic E-state index is 1.01. The zero-order valence-corrected chi connectivity index (χ0v) is 15.6. The van der Waals surface area contributed by atoms with Crippen LogP contribution in [0.3, 0.4) is 0 Å². The van der Waals surface area contributed by atoms with E-state index in [1.165, 1.54) is 39.8 Å². The number of nitrogens with zero attached hydrogens (tertiary/aromatic N) is 2. The Balaban J connectivity index is 2.08. The van der Waals surface area contributed by atoms with Crippen molar-refractivity contribution in [3.8, 4) is 0 Å². The van der Waals surface area contributed by atoms with Gasteiger partial charge in [0, 0.05) is 18.0 Å². The van der Waals surface area contributed by atoms with Crippen LogP contribution in [0.15, 0.2) is 77.2 Å². The van der Waals surface area contributed by atoms with Crippen LogP contribution in [0.25, 0.3) is 5.57 Å². The summed E-state index contributed by atoms with van der Waals surface area (Å²) in [5, 5.41) is 0. The van der Waals surface area contributed by atoms with E-state index in [1.807, 2.05) is 18.5 Å². The quantitative estimate of drug-likeness (QED) is 0.723. The third kappa shape index (κ3) is 4.26. The smallest absolute Gasteiger partial charge is 0.0346 e. The van der Waals surface area contributed by atoms with Crippen LogP contribution in [0.2, 0.25) is 0 Å². The Morgan fingerprint density at radius 2 is 2.04 bits per heavy atom. The predicted molar refractivity (Wildman–Crippen MR) is 107 cm³/mol. The van der Waals surface area contributed by atoms with Crippen LogP contribution < -0.4 is 0 Å². The molecule has 0 bridgehead atoms. The molecule has 0 spiro atoms. The van der Waals surface area contributed by atoms with Gasteiger partial charge in [0.15, 0.2) is 0 Å². The maximum atomic E-state index is 4.35. The molecular formula is C23H28N2. The molecule has 2 aliphatic carbocycles. The molecule has 0 amide bonds. The summed E-state index contributed by atoms with van der Waals surface area (Å²) in [4.78, 5) is 6.62. The number of pyridine rings is 1. The van der Waals surface area contributed by atoms with E-state index in [1.54, 1.807) is 0 Å². The van der Waals surface area contributed by atoms with Crippen molar-refractivity contribution in [1.29, 1.82) is 0 Å². The van der Waals surface area contributed by atoms with Gasteiger partial charge in [-0.15, -0.1) is 0 Å². The molecule has 25 heavy (non-hydrogen) atoms. The molecule has 1 aromatic heterocycles. The summed E-state index contributed by atoms with van der Waals surface area (Å²) in [6.07, 6.45) is 19.6. The number of allylic oxidation sites excluding steroid dienone is 10. The Morgan fingerprint density at radius 3 is 2.80 bits per heavy atom. The standard InChI is InChI=1S/C23H28N2/c1-18-9-6-10-19(12-8-16-25(2)3)23-21(18)13-4-5-14-22(23)20-11-7-15-24-17-20/h4-7,10-11,14-15,17H,8-9,12-13,16H2,1-3H3. The maximum Gasteiger partial charge on any atom is 0.0346 e. The van der Waals surface area contributed by atoms with Crippen LogP contribution in [0, 0.1) is 0 Å².